The number of aromatic nitrogens is 3. The van der Waals surface area contributed by atoms with Crippen LogP contribution < -0.4 is 4.74 Å². The minimum atomic E-state index is -1.02. The molecule has 2 rings (SSSR count). The maximum atomic E-state index is 12.1. The molecule has 140 valence electrons. The van der Waals surface area contributed by atoms with E-state index in [9.17, 15) is 4.79 Å². The van der Waals surface area contributed by atoms with Gasteiger partial charge in [-0.3, -0.25) is 9.36 Å². The third-order valence-corrected chi connectivity index (χ3v) is 4.68. The molecule has 1 N–H and O–H groups in total. The van der Waals surface area contributed by atoms with Crippen LogP contribution in [0.3, 0.4) is 0 Å². The normalized spacial score (nSPS) is 11.4. The quantitative estimate of drug-likeness (QED) is 0.384. The van der Waals surface area contributed by atoms with E-state index in [2.05, 4.69) is 16.8 Å². The van der Waals surface area contributed by atoms with E-state index in [1.807, 2.05) is 41.8 Å². The molecule has 0 aliphatic carbocycles. The van der Waals surface area contributed by atoms with Crippen molar-refractivity contribution >= 4 is 23.3 Å². The largest absolute Gasteiger partial charge is 0.486 e. The fraction of sp³-hybridized carbons (Fsp3) is 0.316. The van der Waals surface area contributed by atoms with Gasteiger partial charge in [-0.15, -0.1) is 16.8 Å². The fourth-order valence-corrected chi connectivity index (χ4v) is 3.20. The number of hydrogen-bond acceptors (Lipinski definition) is 7. The number of Topliss-reactive ketones (excluding diaryl/α,β-unsaturated/α-hetero) is 1. The molecule has 0 saturated heterocycles. The number of allylic oxidation sites excluding steroid dienone is 1. The van der Waals surface area contributed by atoms with Gasteiger partial charge >= 0.3 is 0 Å². The molecule has 2 aromatic rings. The van der Waals surface area contributed by atoms with Gasteiger partial charge in [0.15, 0.2) is 16.8 Å². The van der Waals surface area contributed by atoms with Crippen LogP contribution in [0.1, 0.15) is 18.3 Å². The molecular formula is C19H21N5O2S. The predicted octanol–water partition coefficient (Wildman–Crippen LogP) is 3.19. The number of thioether (sulfide) groups is 1. The minimum Gasteiger partial charge on any atom is -0.486 e. The lowest BCUT2D eigenvalue weighted by atomic mass is 10.0. The Morgan fingerprint density at radius 1 is 1.52 bits per heavy atom. The molecule has 0 fully saturated rings. The number of hydrogen-bond donors (Lipinski definition) is 1. The summed E-state index contributed by atoms with van der Waals surface area (Å²) in [5, 5.41) is 25.4. The molecule has 0 unspecified atom stereocenters. The molecule has 0 bridgehead atoms. The van der Waals surface area contributed by atoms with Crippen molar-refractivity contribution in [2.24, 2.45) is 5.92 Å². The van der Waals surface area contributed by atoms with Gasteiger partial charge in [-0.1, -0.05) is 30.0 Å². The molecule has 1 aromatic heterocycles. The Kier molecular flexibility index (Phi) is 7.32. The molecule has 0 saturated carbocycles. The zero-order chi connectivity index (χ0) is 19.8. The van der Waals surface area contributed by atoms with Crippen molar-refractivity contribution in [3.05, 3.63) is 48.3 Å². The highest BCUT2D eigenvalue weighted by atomic mass is 32.2. The second-order valence-corrected chi connectivity index (χ2v) is 6.85. The van der Waals surface area contributed by atoms with Crippen molar-refractivity contribution < 1.29 is 9.53 Å². The highest BCUT2D eigenvalue weighted by Crippen LogP contribution is 2.20. The third-order valence-electron chi connectivity index (χ3n) is 3.69. The predicted molar refractivity (Wildman–Crippen MR) is 104 cm³/mol. The summed E-state index contributed by atoms with van der Waals surface area (Å²) in [4.78, 5) is 12.1. The number of aryl methyl sites for hydroxylation is 1. The highest BCUT2D eigenvalue weighted by molar-refractivity contribution is 7.99. The Balaban J connectivity index is 2.07. The molecule has 0 amide bonds. The van der Waals surface area contributed by atoms with Crippen molar-refractivity contribution in [2.75, 3.05) is 5.75 Å². The topological polar surface area (TPSA) is 105 Å². The summed E-state index contributed by atoms with van der Waals surface area (Å²) in [5.74, 6) is 0.0676. The van der Waals surface area contributed by atoms with E-state index >= 15 is 0 Å². The van der Waals surface area contributed by atoms with E-state index < -0.39 is 5.92 Å². The van der Waals surface area contributed by atoms with E-state index in [0.29, 0.717) is 17.5 Å². The van der Waals surface area contributed by atoms with Gasteiger partial charge in [0.05, 0.1) is 11.8 Å². The zero-order valence-corrected chi connectivity index (χ0v) is 16.1. The molecule has 8 heteroatoms. The Morgan fingerprint density at radius 3 is 2.93 bits per heavy atom. The first-order valence-corrected chi connectivity index (χ1v) is 9.27. The van der Waals surface area contributed by atoms with E-state index in [0.717, 1.165) is 11.3 Å². The molecule has 0 aliphatic rings. The van der Waals surface area contributed by atoms with Crippen LogP contribution in [0.4, 0.5) is 0 Å². The van der Waals surface area contributed by atoms with Crippen LogP contribution >= 0.6 is 11.8 Å². The Hall–Kier alpha value is -2.92. The number of nitrogens with one attached hydrogen (secondary N) is 1. The van der Waals surface area contributed by atoms with Crippen LogP contribution in [-0.4, -0.2) is 32.0 Å². The van der Waals surface area contributed by atoms with E-state index in [4.69, 9.17) is 15.4 Å². The average molecular weight is 383 g/mol. The van der Waals surface area contributed by atoms with Gasteiger partial charge in [-0.05, 0) is 31.5 Å². The van der Waals surface area contributed by atoms with E-state index in [-0.39, 0.29) is 23.9 Å². The van der Waals surface area contributed by atoms with Crippen molar-refractivity contribution in [2.45, 2.75) is 32.2 Å². The van der Waals surface area contributed by atoms with Gasteiger partial charge in [0.2, 0.25) is 0 Å². The molecule has 0 spiro atoms. The van der Waals surface area contributed by atoms with Gasteiger partial charge in [-0.25, -0.2) is 0 Å². The number of ketones is 1. The van der Waals surface area contributed by atoms with Gasteiger partial charge < -0.3 is 10.1 Å². The van der Waals surface area contributed by atoms with Gasteiger partial charge in [-0.2, -0.15) is 5.26 Å². The maximum Gasteiger partial charge on any atom is 0.192 e. The Morgan fingerprint density at radius 2 is 2.30 bits per heavy atom. The number of benzene rings is 1. The SMILES string of the molecule is C=CCn1c(COc2cccc(C)c2)nnc1SCC(=O)[C@H](C#N)C(C)=N. The van der Waals surface area contributed by atoms with E-state index in [1.165, 1.54) is 18.7 Å². The summed E-state index contributed by atoms with van der Waals surface area (Å²) in [6, 6.07) is 9.58. The first-order valence-electron chi connectivity index (χ1n) is 8.28. The first-order chi connectivity index (χ1) is 13.0. The standard InChI is InChI=1S/C19H21N5O2S/c1-4-8-24-18(11-26-15-7-5-6-13(2)9-15)22-23-19(24)27-12-17(25)16(10-20)14(3)21/h4-7,9,16,21H,1,8,11-12H2,2-3H3/t16-/m1/s1. The maximum absolute atomic E-state index is 12.1. The number of carbonyl (C=O) groups is 1. The van der Waals surface area contributed by atoms with Gasteiger partial charge in [0.1, 0.15) is 18.3 Å². The summed E-state index contributed by atoms with van der Waals surface area (Å²) in [6.45, 7) is 7.90. The summed E-state index contributed by atoms with van der Waals surface area (Å²) < 4.78 is 7.60. The number of carbonyl (C=O) groups excluding carboxylic acids is 1. The van der Waals surface area contributed by atoms with Crippen LogP contribution in [0.2, 0.25) is 0 Å². The van der Waals surface area contributed by atoms with Gasteiger partial charge in [0.25, 0.3) is 0 Å². The first kappa shape index (κ1) is 20.4. The van der Waals surface area contributed by atoms with Gasteiger partial charge in [0, 0.05) is 12.3 Å². The summed E-state index contributed by atoms with van der Waals surface area (Å²) >= 11 is 1.19. The lowest BCUT2D eigenvalue weighted by molar-refractivity contribution is -0.117. The monoisotopic (exact) mass is 383 g/mol. The second kappa shape index (κ2) is 9.69. The molecule has 1 heterocycles. The second-order valence-electron chi connectivity index (χ2n) is 5.90. The molecule has 0 aliphatic heterocycles. The summed E-state index contributed by atoms with van der Waals surface area (Å²) in [6.07, 6.45) is 1.71. The average Bonchev–Trinajstić information content (AvgIpc) is 3.01. The van der Waals surface area contributed by atoms with Crippen molar-refractivity contribution in [1.29, 1.82) is 10.7 Å². The molecule has 1 aromatic carbocycles. The van der Waals surface area contributed by atoms with Crippen LogP contribution in [0.15, 0.2) is 42.1 Å². The van der Waals surface area contributed by atoms with Crippen LogP contribution in [0.25, 0.3) is 0 Å². The molecular weight excluding hydrogens is 362 g/mol. The van der Waals surface area contributed by atoms with Crippen molar-refractivity contribution in [1.82, 2.24) is 14.8 Å². The third kappa shape index (κ3) is 5.53. The molecule has 27 heavy (non-hydrogen) atoms. The number of rotatable bonds is 10. The molecule has 7 nitrogen and oxygen atoms in total. The summed E-state index contributed by atoms with van der Waals surface area (Å²) in [7, 11) is 0. The number of nitriles is 1. The Labute approximate surface area is 162 Å². The minimum absolute atomic E-state index is 0.0441. The number of nitrogens with zero attached hydrogens (tertiary/aromatic N) is 4. The molecule has 1 atom stereocenters. The smallest absolute Gasteiger partial charge is 0.192 e. The Bertz CT molecular complexity index is 884. The van der Waals surface area contributed by atoms with Crippen LogP contribution in [0, 0.1) is 29.6 Å². The van der Waals surface area contributed by atoms with Crippen LogP contribution in [-0.2, 0) is 17.9 Å². The van der Waals surface area contributed by atoms with Crippen molar-refractivity contribution in [3.63, 3.8) is 0 Å². The van der Waals surface area contributed by atoms with Crippen molar-refractivity contribution in [3.8, 4) is 11.8 Å². The summed E-state index contributed by atoms with van der Waals surface area (Å²) in [5.41, 5.74) is 1.14. The highest BCUT2D eigenvalue weighted by Gasteiger charge is 2.21. The molecule has 0 radical (unpaired) electrons. The lowest BCUT2D eigenvalue weighted by Gasteiger charge is -2.10. The fourth-order valence-electron chi connectivity index (χ4n) is 2.33. The zero-order valence-electron chi connectivity index (χ0n) is 15.3. The van der Waals surface area contributed by atoms with Crippen LogP contribution in [0.5, 0.6) is 5.75 Å². The number of ether oxygens (including phenoxy) is 1. The van der Waals surface area contributed by atoms with E-state index in [1.54, 1.807) is 6.08 Å². The lowest BCUT2D eigenvalue weighted by Crippen LogP contribution is -2.21.